The molecule has 0 heterocycles. The average molecular weight is 286 g/mol. The summed E-state index contributed by atoms with van der Waals surface area (Å²) in [5, 5.41) is 3.88. The molecule has 19 heavy (non-hydrogen) atoms. The Kier molecular flexibility index (Phi) is 6.81. The molecule has 0 spiro atoms. The van der Waals surface area contributed by atoms with Crippen molar-refractivity contribution in [3.63, 3.8) is 0 Å². The summed E-state index contributed by atoms with van der Waals surface area (Å²) in [7, 11) is 1.95. The molecule has 2 atom stereocenters. The van der Waals surface area contributed by atoms with Crippen molar-refractivity contribution in [1.82, 2.24) is 5.32 Å². The van der Waals surface area contributed by atoms with Gasteiger partial charge in [0, 0.05) is 11.1 Å². The first-order valence-corrected chi connectivity index (χ1v) is 7.55. The normalized spacial score (nSPS) is 14.4. The van der Waals surface area contributed by atoms with Crippen LogP contribution in [0.25, 0.3) is 0 Å². The van der Waals surface area contributed by atoms with E-state index in [1.54, 1.807) is 6.92 Å². The zero-order chi connectivity index (χ0) is 14.4. The van der Waals surface area contributed by atoms with Gasteiger partial charge in [0.2, 0.25) is 0 Å². The van der Waals surface area contributed by atoms with Crippen molar-refractivity contribution >= 4 is 11.6 Å². The Labute approximate surface area is 121 Å². The van der Waals surface area contributed by atoms with Crippen molar-refractivity contribution in [2.45, 2.75) is 52.5 Å². The van der Waals surface area contributed by atoms with Gasteiger partial charge in [0.15, 0.2) is 0 Å². The molecule has 1 aromatic carbocycles. The van der Waals surface area contributed by atoms with Gasteiger partial charge in [-0.1, -0.05) is 50.8 Å². The van der Waals surface area contributed by atoms with E-state index in [2.05, 4.69) is 19.2 Å². The van der Waals surface area contributed by atoms with Crippen LogP contribution in [-0.4, -0.2) is 7.05 Å². The summed E-state index contributed by atoms with van der Waals surface area (Å²) in [6, 6.07) is 3.51. The molecule has 1 aromatic rings. The Morgan fingerprint density at radius 1 is 1.32 bits per heavy atom. The average Bonchev–Trinajstić information content (AvgIpc) is 2.39. The van der Waals surface area contributed by atoms with Gasteiger partial charge in [-0.25, -0.2) is 4.39 Å². The molecule has 1 rings (SSSR count). The van der Waals surface area contributed by atoms with Crippen LogP contribution in [0.3, 0.4) is 0 Å². The Bertz CT molecular complexity index is 406. The Morgan fingerprint density at radius 2 is 2.00 bits per heavy atom. The third-order valence-corrected chi connectivity index (χ3v) is 4.18. The van der Waals surface area contributed by atoms with E-state index >= 15 is 0 Å². The summed E-state index contributed by atoms with van der Waals surface area (Å²) in [5.74, 6) is 0.303. The van der Waals surface area contributed by atoms with Crippen molar-refractivity contribution in [3.05, 3.63) is 34.1 Å². The third-order valence-electron chi connectivity index (χ3n) is 3.85. The quantitative estimate of drug-likeness (QED) is 0.720. The molecule has 0 radical (unpaired) electrons. The molecular formula is C16H25ClFN. The Hall–Kier alpha value is -0.600. The van der Waals surface area contributed by atoms with Crippen LogP contribution in [0, 0.1) is 18.7 Å². The van der Waals surface area contributed by atoms with E-state index in [4.69, 9.17) is 11.6 Å². The number of unbranched alkanes of at least 4 members (excludes halogenated alkanes) is 1. The SMILES string of the molecule is CCCCC(CC)C(NC)c1cc(C)c(F)cc1Cl. The molecule has 108 valence electrons. The zero-order valence-corrected chi connectivity index (χ0v) is 13.1. The molecule has 0 aliphatic carbocycles. The lowest BCUT2D eigenvalue weighted by Gasteiger charge is -2.27. The molecular weight excluding hydrogens is 261 g/mol. The van der Waals surface area contributed by atoms with E-state index in [1.165, 1.54) is 25.3 Å². The van der Waals surface area contributed by atoms with Gasteiger partial charge < -0.3 is 5.32 Å². The van der Waals surface area contributed by atoms with Crippen molar-refractivity contribution < 1.29 is 4.39 Å². The van der Waals surface area contributed by atoms with Gasteiger partial charge in [-0.2, -0.15) is 0 Å². The summed E-state index contributed by atoms with van der Waals surface area (Å²) in [4.78, 5) is 0. The highest BCUT2D eigenvalue weighted by atomic mass is 35.5. The lowest BCUT2D eigenvalue weighted by molar-refractivity contribution is 0.338. The van der Waals surface area contributed by atoms with Crippen LogP contribution in [0.15, 0.2) is 12.1 Å². The van der Waals surface area contributed by atoms with Crippen LogP contribution in [0.2, 0.25) is 5.02 Å². The van der Waals surface area contributed by atoms with Gasteiger partial charge in [-0.15, -0.1) is 0 Å². The number of aryl methyl sites for hydroxylation is 1. The molecule has 0 amide bonds. The second-order valence-electron chi connectivity index (χ2n) is 5.20. The highest BCUT2D eigenvalue weighted by Crippen LogP contribution is 2.34. The fourth-order valence-corrected chi connectivity index (χ4v) is 2.90. The van der Waals surface area contributed by atoms with E-state index in [0.717, 1.165) is 12.0 Å². The van der Waals surface area contributed by atoms with Crippen LogP contribution in [0.1, 0.15) is 56.7 Å². The molecule has 0 aliphatic rings. The van der Waals surface area contributed by atoms with Gasteiger partial charge in [0.1, 0.15) is 5.82 Å². The standard InChI is InChI=1S/C16H25ClFN/c1-5-7-8-12(6-2)16(19-4)13-9-11(3)15(18)10-14(13)17/h9-10,12,16,19H,5-8H2,1-4H3. The van der Waals surface area contributed by atoms with E-state index in [9.17, 15) is 4.39 Å². The molecule has 3 heteroatoms. The summed E-state index contributed by atoms with van der Waals surface area (Å²) in [5.41, 5.74) is 1.68. The zero-order valence-electron chi connectivity index (χ0n) is 12.4. The topological polar surface area (TPSA) is 12.0 Å². The second kappa shape index (κ2) is 7.86. The summed E-state index contributed by atoms with van der Waals surface area (Å²) >= 11 is 6.23. The number of halogens is 2. The van der Waals surface area contributed by atoms with E-state index < -0.39 is 0 Å². The predicted molar refractivity (Wildman–Crippen MR) is 81.3 cm³/mol. The van der Waals surface area contributed by atoms with Crippen molar-refractivity contribution in [2.24, 2.45) is 5.92 Å². The molecule has 2 unspecified atom stereocenters. The van der Waals surface area contributed by atoms with Gasteiger partial charge in [-0.3, -0.25) is 0 Å². The Balaban J connectivity index is 3.04. The molecule has 0 aromatic heterocycles. The van der Waals surface area contributed by atoms with E-state index in [1.807, 2.05) is 13.1 Å². The smallest absolute Gasteiger partial charge is 0.127 e. The lowest BCUT2D eigenvalue weighted by atomic mass is 9.86. The fourth-order valence-electron chi connectivity index (χ4n) is 2.64. The van der Waals surface area contributed by atoms with Crippen molar-refractivity contribution in [1.29, 1.82) is 0 Å². The molecule has 0 saturated carbocycles. The summed E-state index contributed by atoms with van der Waals surface area (Å²) < 4.78 is 13.5. The molecule has 0 aliphatic heterocycles. The number of benzene rings is 1. The van der Waals surface area contributed by atoms with Crippen molar-refractivity contribution in [3.8, 4) is 0 Å². The maximum Gasteiger partial charge on any atom is 0.127 e. The summed E-state index contributed by atoms with van der Waals surface area (Å²) in [6.07, 6.45) is 4.68. The largest absolute Gasteiger partial charge is 0.313 e. The molecule has 1 nitrogen and oxygen atoms in total. The van der Waals surface area contributed by atoms with E-state index in [-0.39, 0.29) is 11.9 Å². The maximum atomic E-state index is 13.5. The van der Waals surface area contributed by atoms with Gasteiger partial charge >= 0.3 is 0 Å². The number of rotatable bonds is 7. The monoisotopic (exact) mass is 285 g/mol. The minimum Gasteiger partial charge on any atom is -0.313 e. The van der Waals surface area contributed by atoms with Crippen LogP contribution in [0.5, 0.6) is 0 Å². The first-order chi connectivity index (χ1) is 9.04. The molecule has 0 fully saturated rings. The van der Waals surface area contributed by atoms with Gasteiger partial charge in [-0.05, 0) is 43.5 Å². The van der Waals surface area contributed by atoms with Gasteiger partial charge in [0.25, 0.3) is 0 Å². The predicted octanol–water partition coefficient (Wildman–Crippen LogP) is 5.26. The highest BCUT2D eigenvalue weighted by Gasteiger charge is 2.22. The molecule has 0 bridgehead atoms. The first-order valence-electron chi connectivity index (χ1n) is 7.17. The second-order valence-corrected chi connectivity index (χ2v) is 5.61. The molecule has 1 N–H and O–H groups in total. The van der Waals surface area contributed by atoms with Crippen LogP contribution < -0.4 is 5.32 Å². The van der Waals surface area contributed by atoms with Crippen molar-refractivity contribution in [2.75, 3.05) is 7.05 Å². The molecule has 0 saturated heterocycles. The Morgan fingerprint density at radius 3 is 2.53 bits per heavy atom. The first kappa shape index (κ1) is 16.5. The van der Waals surface area contributed by atoms with Crippen LogP contribution >= 0.6 is 11.6 Å². The lowest BCUT2D eigenvalue weighted by Crippen LogP contribution is -2.25. The minimum atomic E-state index is -0.231. The number of hydrogen-bond donors (Lipinski definition) is 1. The highest BCUT2D eigenvalue weighted by molar-refractivity contribution is 6.31. The number of hydrogen-bond acceptors (Lipinski definition) is 1. The van der Waals surface area contributed by atoms with E-state index in [0.29, 0.717) is 16.5 Å². The van der Waals surface area contributed by atoms with Crippen LogP contribution in [-0.2, 0) is 0 Å². The van der Waals surface area contributed by atoms with Crippen LogP contribution in [0.4, 0.5) is 4.39 Å². The summed E-state index contributed by atoms with van der Waals surface area (Å²) in [6.45, 7) is 6.19. The fraction of sp³-hybridized carbons (Fsp3) is 0.625. The van der Waals surface area contributed by atoms with Gasteiger partial charge in [0.05, 0.1) is 0 Å². The number of nitrogens with one attached hydrogen (secondary N) is 1. The maximum absolute atomic E-state index is 13.5. The minimum absolute atomic E-state index is 0.198. The third kappa shape index (κ3) is 4.19.